The first-order valence-corrected chi connectivity index (χ1v) is 5.67. The van der Waals surface area contributed by atoms with Crippen molar-refractivity contribution in [2.45, 2.75) is 32.7 Å². The van der Waals surface area contributed by atoms with Crippen molar-refractivity contribution < 1.29 is 19.1 Å². The van der Waals surface area contributed by atoms with Crippen LogP contribution in [0.4, 0.5) is 4.39 Å². The second-order valence-corrected chi connectivity index (χ2v) is 4.19. The summed E-state index contributed by atoms with van der Waals surface area (Å²) in [5.74, 6) is -1.69. The molecule has 0 radical (unpaired) electrons. The Hall–Kier alpha value is -1.91. The van der Waals surface area contributed by atoms with Crippen LogP contribution < -0.4 is 5.32 Å². The maximum absolute atomic E-state index is 13.3. The van der Waals surface area contributed by atoms with Crippen molar-refractivity contribution >= 4 is 11.9 Å². The molecule has 0 aromatic heterocycles. The zero-order valence-corrected chi connectivity index (χ0v) is 10.4. The van der Waals surface area contributed by atoms with Crippen LogP contribution >= 0.6 is 0 Å². The fourth-order valence-corrected chi connectivity index (χ4v) is 1.50. The zero-order chi connectivity index (χ0) is 13.7. The van der Waals surface area contributed by atoms with Crippen molar-refractivity contribution in [3.63, 3.8) is 0 Å². The Balaban J connectivity index is 2.59. The third-order valence-electron chi connectivity index (χ3n) is 2.64. The molecule has 0 spiro atoms. The molecule has 18 heavy (non-hydrogen) atoms. The summed E-state index contributed by atoms with van der Waals surface area (Å²) in [5, 5.41) is 11.1. The van der Waals surface area contributed by atoms with E-state index in [2.05, 4.69) is 5.32 Å². The van der Waals surface area contributed by atoms with Crippen molar-refractivity contribution in [1.82, 2.24) is 5.32 Å². The lowest BCUT2D eigenvalue weighted by Gasteiger charge is -2.14. The normalized spacial score (nSPS) is 11.9. The Bertz CT molecular complexity index is 460. The molecule has 1 unspecified atom stereocenters. The molecule has 0 bridgehead atoms. The maximum Gasteiger partial charge on any atom is 0.303 e. The van der Waals surface area contributed by atoms with Gasteiger partial charge in [-0.2, -0.15) is 0 Å². The third kappa shape index (κ3) is 4.16. The monoisotopic (exact) mass is 253 g/mol. The number of carbonyl (C=O) groups is 2. The molecule has 2 N–H and O–H groups in total. The lowest BCUT2D eigenvalue weighted by Crippen LogP contribution is -2.27. The van der Waals surface area contributed by atoms with Crippen LogP contribution in [0.25, 0.3) is 0 Å². The summed E-state index contributed by atoms with van der Waals surface area (Å²) in [6, 6.07) is 4.41. The van der Waals surface area contributed by atoms with Crippen LogP contribution in [0.2, 0.25) is 0 Å². The number of halogens is 1. The topological polar surface area (TPSA) is 66.4 Å². The summed E-state index contributed by atoms with van der Waals surface area (Å²) in [4.78, 5) is 21.7. The van der Waals surface area contributed by atoms with Gasteiger partial charge in [0.15, 0.2) is 0 Å². The van der Waals surface area contributed by atoms with E-state index in [9.17, 15) is 14.0 Å². The number of nitrogens with one attached hydrogen (secondary N) is 1. The lowest BCUT2D eigenvalue weighted by atomic mass is 10.1. The molecule has 0 fully saturated rings. The van der Waals surface area contributed by atoms with Gasteiger partial charge in [-0.25, -0.2) is 4.39 Å². The fraction of sp³-hybridized carbons (Fsp3) is 0.385. The van der Waals surface area contributed by atoms with Gasteiger partial charge >= 0.3 is 5.97 Å². The third-order valence-corrected chi connectivity index (χ3v) is 2.64. The van der Waals surface area contributed by atoms with Crippen LogP contribution in [0.1, 0.15) is 36.9 Å². The molecule has 1 aromatic rings. The molecule has 0 aliphatic carbocycles. The van der Waals surface area contributed by atoms with E-state index in [1.807, 2.05) is 0 Å². The van der Waals surface area contributed by atoms with Crippen molar-refractivity contribution in [3.8, 4) is 0 Å². The second kappa shape index (κ2) is 6.14. The SMILES string of the molecule is Cc1ccc(C(C)NC(=O)CCC(=O)O)cc1F. The first kappa shape index (κ1) is 14.2. The second-order valence-electron chi connectivity index (χ2n) is 4.19. The lowest BCUT2D eigenvalue weighted by molar-refractivity contribution is -0.138. The number of hydrogen-bond acceptors (Lipinski definition) is 2. The van der Waals surface area contributed by atoms with Crippen LogP contribution in [0.3, 0.4) is 0 Å². The molecule has 1 aromatic carbocycles. The van der Waals surface area contributed by atoms with Crippen LogP contribution in [0, 0.1) is 12.7 Å². The highest BCUT2D eigenvalue weighted by molar-refractivity contribution is 5.80. The Morgan fingerprint density at radius 2 is 2.06 bits per heavy atom. The number of carbonyl (C=O) groups excluding carboxylic acids is 1. The van der Waals surface area contributed by atoms with Gasteiger partial charge in [0.2, 0.25) is 5.91 Å². The van der Waals surface area contributed by atoms with Crippen LogP contribution in [0.5, 0.6) is 0 Å². The summed E-state index contributed by atoms with van der Waals surface area (Å²) in [7, 11) is 0. The van der Waals surface area contributed by atoms with E-state index >= 15 is 0 Å². The maximum atomic E-state index is 13.3. The van der Waals surface area contributed by atoms with E-state index in [0.29, 0.717) is 11.1 Å². The minimum Gasteiger partial charge on any atom is -0.481 e. The summed E-state index contributed by atoms with van der Waals surface area (Å²) in [6.07, 6.45) is -0.283. The molecule has 1 rings (SSSR count). The first-order valence-electron chi connectivity index (χ1n) is 5.67. The number of rotatable bonds is 5. The Morgan fingerprint density at radius 1 is 1.39 bits per heavy atom. The van der Waals surface area contributed by atoms with E-state index in [-0.39, 0.29) is 30.6 Å². The van der Waals surface area contributed by atoms with Crippen LogP contribution in [-0.2, 0) is 9.59 Å². The Labute approximate surface area is 105 Å². The number of benzene rings is 1. The molecule has 0 aliphatic rings. The van der Waals surface area contributed by atoms with E-state index in [1.54, 1.807) is 26.0 Å². The van der Waals surface area contributed by atoms with Crippen LogP contribution in [-0.4, -0.2) is 17.0 Å². The Kier molecular flexibility index (Phi) is 4.83. The molecule has 1 amide bonds. The van der Waals surface area contributed by atoms with Gasteiger partial charge in [-0.1, -0.05) is 12.1 Å². The summed E-state index contributed by atoms with van der Waals surface area (Å²) in [6.45, 7) is 3.39. The van der Waals surface area contributed by atoms with Gasteiger partial charge in [0.05, 0.1) is 12.5 Å². The highest BCUT2D eigenvalue weighted by Gasteiger charge is 2.12. The fourth-order valence-electron chi connectivity index (χ4n) is 1.50. The molecule has 0 heterocycles. The van der Waals surface area contributed by atoms with Gasteiger partial charge in [0, 0.05) is 6.42 Å². The number of aliphatic carboxylic acids is 1. The van der Waals surface area contributed by atoms with Crippen molar-refractivity contribution in [2.24, 2.45) is 0 Å². The van der Waals surface area contributed by atoms with Gasteiger partial charge < -0.3 is 10.4 Å². The molecule has 4 nitrogen and oxygen atoms in total. The molecule has 1 atom stereocenters. The molecule has 5 heteroatoms. The van der Waals surface area contributed by atoms with E-state index in [1.165, 1.54) is 6.07 Å². The van der Waals surface area contributed by atoms with Crippen molar-refractivity contribution in [2.75, 3.05) is 0 Å². The minimum atomic E-state index is -1.01. The van der Waals surface area contributed by atoms with Gasteiger partial charge in [-0.15, -0.1) is 0 Å². The molecule has 0 saturated heterocycles. The molecule has 0 saturated carbocycles. The quantitative estimate of drug-likeness (QED) is 0.845. The van der Waals surface area contributed by atoms with Gasteiger partial charge in [0.25, 0.3) is 0 Å². The van der Waals surface area contributed by atoms with E-state index in [4.69, 9.17) is 5.11 Å². The number of carboxylic acids is 1. The van der Waals surface area contributed by atoms with Gasteiger partial charge in [-0.05, 0) is 31.0 Å². The molecule has 98 valence electrons. The average Bonchev–Trinajstić information content (AvgIpc) is 2.30. The minimum absolute atomic E-state index is 0.0754. The summed E-state index contributed by atoms with van der Waals surface area (Å²) in [5.41, 5.74) is 1.20. The average molecular weight is 253 g/mol. The summed E-state index contributed by atoms with van der Waals surface area (Å²) < 4.78 is 13.3. The number of amides is 1. The van der Waals surface area contributed by atoms with Gasteiger partial charge in [0.1, 0.15) is 5.82 Å². The molecular formula is C13H16FNO3. The zero-order valence-electron chi connectivity index (χ0n) is 10.4. The molecule has 0 aliphatic heterocycles. The molecular weight excluding hydrogens is 237 g/mol. The van der Waals surface area contributed by atoms with Crippen molar-refractivity contribution in [1.29, 1.82) is 0 Å². The first-order chi connectivity index (χ1) is 8.40. The largest absolute Gasteiger partial charge is 0.481 e. The van der Waals surface area contributed by atoms with Crippen molar-refractivity contribution in [3.05, 3.63) is 35.1 Å². The number of aryl methyl sites for hydroxylation is 1. The van der Waals surface area contributed by atoms with E-state index < -0.39 is 5.97 Å². The van der Waals surface area contributed by atoms with E-state index in [0.717, 1.165) is 0 Å². The summed E-state index contributed by atoms with van der Waals surface area (Å²) >= 11 is 0. The number of hydrogen-bond donors (Lipinski definition) is 2. The predicted molar refractivity (Wildman–Crippen MR) is 64.6 cm³/mol. The highest BCUT2D eigenvalue weighted by Crippen LogP contribution is 2.16. The van der Waals surface area contributed by atoms with Gasteiger partial charge in [-0.3, -0.25) is 9.59 Å². The number of carboxylic acid groups (broad SMARTS) is 1. The standard InChI is InChI=1S/C13H16FNO3/c1-8-3-4-10(7-11(8)14)9(2)15-12(16)5-6-13(17)18/h3-4,7,9H,5-6H2,1-2H3,(H,15,16)(H,17,18). The smallest absolute Gasteiger partial charge is 0.303 e. The predicted octanol–water partition coefficient (Wildman–Crippen LogP) is 2.18. The Morgan fingerprint density at radius 3 is 2.61 bits per heavy atom. The van der Waals surface area contributed by atoms with Crippen LogP contribution in [0.15, 0.2) is 18.2 Å². The highest BCUT2D eigenvalue weighted by atomic mass is 19.1.